The van der Waals surface area contributed by atoms with E-state index >= 15 is 0 Å². The molecular formula is C16H22N2O4. The monoisotopic (exact) mass is 306 g/mol. The van der Waals surface area contributed by atoms with Crippen LogP contribution < -0.4 is 15.8 Å². The molecule has 0 radical (unpaired) electrons. The Balaban J connectivity index is 1.96. The zero-order chi connectivity index (χ0) is 16.3. The van der Waals surface area contributed by atoms with Gasteiger partial charge in [0.15, 0.2) is 6.61 Å². The van der Waals surface area contributed by atoms with E-state index in [1.54, 1.807) is 0 Å². The molecule has 3 N–H and O–H groups in total. The second-order valence-electron chi connectivity index (χ2n) is 5.91. The number of nitrogens with two attached hydrogens (primary N) is 1. The molecule has 0 unspecified atom stereocenters. The molecular weight excluding hydrogens is 284 g/mol. The Bertz CT molecular complexity index is 594. The summed E-state index contributed by atoms with van der Waals surface area (Å²) in [6.45, 7) is 6.38. The molecule has 1 aliphatic rings. The Hall–Kier alpha value is -2.08. The van der Waals surface area contributed by atoms with Crippen molar-refractivity contribution in [2.75, 3.05) is 19.8 Å². The normalized spacial score (nSPS) is 15.8. The highest BCUT2D eigenvalue weighted by molar-refractivity contribution is 5.81. The van der Waals surface area contributed by atoms with Crippen LogP contribution in [-0.4, -0.2) is 37.2 Å². The highest BCUT2D eigenvalue weighted by Gasteiger charge is 2.41. The van der Waals surface area contributed by atoms with E-state index in [9.17, 15) is 9.59 Å². The Morgan fingerprint density at radius 3 is 2.45 bits per heavy atom. The van der Waals surface area contributed by atoms with E-state index < -0.39 is 11.4 Å². The van der Waals surface area contributed by atoms with Gasteiger partial charge in [0.1, 0.15) is 5.75 Å². The summed E-state index contributed by atoms with van der Waals surface area (Å²) in [6, 6.07) is 3.98. The van der Waals surface area contributed by atoms with Gasteiger partial charge in [-0.1, -0.05) is 12.1 Å². The molecule has 2 amide bonds. The summed E-state index contributed by atoms with van der Waals surface area (Å²) < 4.78 is 10.8. The van der Waals surface area contributed by atoms with Gasteiger partial charge in [-0.15, -0.1) is 0 Å². The summed E-state index contributed by atoms with van der Waals surface area (Å²) in [5.41, 5.74) is 7.64. The lowest BCUT2D eigenvalue weighted by Gasteiger charge is -2.41. The molecule has 22 heavy (non-hydrogen) atoms. The molecule has 0 bridgehead atoms. The van der Waals surface area contributed by atoms with Gasteiger partial charge in [-0.2, -0.15) is 0 Å². The number of amides is 2. The summed E-state index contributed by atoms with van der Waals surface area (Å²) in [4.78, 5) is 23.1. The van der Waals surface area contributed by atoms with Crippen molar-refractivity contribution < 1.29 is 19.1 Å². The van der Waals surface area contributed by atoms with Crippen molar-refractivity contribution in [3.05, 3.63) is 28.8 Å². The van der Waals surface area contributed by atoms with Gasteiger partial charge in [0.2, 0.25) is 5.91 Å². The van der Waals surface area contributed by atoms with Crippen molar-refractivity contribution in [2.24, 2.45) is 5.73 Å². The van der Waals surface area contributed by atoms with E-state index in [1.165, 1.54) is 0 Å². The largest absolute Gasteiger partial charge is 0.483 e. The summed E-state index contributed by atoms with van der Waals surface area (Å²) in [7, 11) is 0. The molecule has 0 aliphatic carbocycles. The molecule has 1 aromatic carbocycles. The van der Waals surface area contributed by atoms with Crippen molar-refractivity contribution in [3.8, 4) is 5.75 Å². The third kappa shape index (κ3) is 3.57. The lowest BCUT2D eigenvalue weighted by molar-refractivity contribution is -0.139. The topological polar surface area (TPSA) is 90.6 Å². The minimum Gasteiger partial charge on any atom is -0.483 e. The first kappa shape index (κ1) is 16.3. The molecule has 1 saturated heterocycles. The van der Waals surface area contributed by atoms with E-state index in [-0.39, 0.29) is 18.9 Å². The Labute approximate surface area is 130 Å². The number of carbonyl (C=O) groups excluding carboxylic acids is 2. The molecule has 1 aliphatic heterocycles. The molecule has 1 heterocycles. The molecule has 1 fully saturated rings. The molecule has 0 atom stereocenters. The van der Waals surface area contributed by atoms with E-state index in [0.717, 1.165) is 22.4 Å². The van der Waals surface area contributed by atoms with E-state index in [4.69, 9.17) is 15.2 Å². The van der Waals surface area contributed by atoms with Gasteiger partial charge in [0.25, 0.3) is 5.91 Å². The minimum absolute atomic E-state index is 0.0707. The summed E-state index contributed by atoms with van der Waals surface area (Å²) in [5, 5.41) is 2.80. The minimum atomic E-state index is -0.678. The fourth-order valence-corrected chi connectivity index (χ4v) is 2.52. The Morgan fingerprint density at radius 2 is 1.91 bits per heavy atom. The van der Waals surface area contributed by atoms with E-state index in [1.807, 2.05) is 32.9 Å². The molecule has 0 aromatic heterocycles. The van der Waals surface area contributed by atoms with Crippen LogP contribution in [0.5, 0.6) is 5.75 Å². The van der Waals surface area contributed by atoms with Crippen LogP contribution in [0, 0.1) is 20.8 Å². The van der Waals surface area contributed by atoms with Crippen molar-refractivity contribution in [1.29, 1.82) is 0 Å². The third-order valence-electron chi connectivity index (χ3n) is 3.90. The quantitative estimate of drug-likeness (QED) is 0.811. The average molecular weight is 306 g/mol. The van der Waals surface area contributed by atoms with Gasteiger partial charge in [-0.3, -0.25) is 9.59 Å². The van der Waals surface area contributed by atoms with Crippen LogP contribution in [0.2, 0.25) is 0 Å². The zero-order valence-electron chi connectivity index (χ0n) is 13.2. The summed E-state index contributed by atoms with van der Waals surface area (Å²) >= 11 is 0. The molecule has 0 spiro atoms. The SMILES string of the molecule is Cc1ccc(C)c(OCC(=O)NC2(CC(N)=O)COC2)c1C. The number of benzene rings is 1. The fourth-order valence-electron chi connectivity index (χ4n) is 2.52. The van der Waals surface area contributed by atoms with Gasteiger partial charge >= 0.3 is 0 Å². The summed E-state index contributed by atoms with van der Waals surface area (Å²) in [6.07, 6.45) is 0.0707. The average Bonchev–Trinajstić information content (AvgIpc) is 2.40. The number of hydrogen-bond acceptors (Lipinski definition) is 4. The summed E-state index contributed by atoms with van der Waals surface area (Å²) in [5.74, 6) is -0.0243. The number of ether oxygens (including phenoxy) is 2. The van der Waals surface area contributed by atoms with Crippen LogP contribution in [-0.2, 0) is 14.3 Å². The Morgan fingerprint density at radius 1 is 1.27 bits per heavy atom. The van der Waals surface area contributed by atoms with Crippen molar-refractivity contribution in [3.63, 3.8) is 0 Å². The smallest absolute Gasteiger partial charge is 0.258 e. The van der Waals surface area contributed by atoms with Gasteiger partial charge in [0.05, 0.1) is 25.2 Å². The molecule has 1 aromatic rings. The van der Waals surface area contributed by atoms with Crippen LogP contribution in [0.25, 0.3) is 0 Å². The highest BCUT2D eigenvalue weighted by atomic mass is 16.5. The van der Waals surface area contributed by atoms with E-state index in [0.29, 0.717) is 13.2 Å². The van der Waals surface area contributed by atoms with Crippen LogP contribution >= 0.6 is 0 Å². The molecule has 6 nitrogen and oxygen atoms in total. The van der Waals surface area contributed by atoms with Crippen LogP contribution in [0.3, 0.4) is 0 Å². The van der Waals surface area contributed by atoms with Crippen molar-refractivity contribution >= 4 is 11.8 Å². The van der Waals surface area contributed by atoms with Gasteiger partial charge in [-0.05, 0) is 37.5 Å². The first-order valence-electron chi connectivity index (χ1n) is 7.20. The maximum absolute atomic E-state index is 12.1. The van der Waals surface area contributed by atoms with Crippen molar-refractivity contribution in [2.45, 2.75) is 32.7 Å². The van der Waals surface area contributed by atoms with Crippen LogP contribution in [0.4, 0.5) is 0 Å². The lowest BCUT2D eigenvalue weighted by Crippen LogP contribution is -2.64. The van der Waals surface area contributed by atoms with Crippen molar-refractivity contribution in [1.82, 2.24) is 5.32 Å². The molecule has 6 heteroatoms. The van der Waals surface area contributed by atoms with Gasteiger partial charge < -0.3 is 20.5 Å². The van der Waals surface area contributed by atoms with Gasteiger partial charge in [-0.25, -0.2) is 0 Å². The number of nitrogens with one attached hydrogen (secondary N) is 1. The fraction of sp³-hybridized carbons (Fsp3) is 0.500. The standard InChI is InChI=1S/C16H22N2O4/c1-10-4-5-11(2)15(12(10)3)22-7-14(20)18-16(6-13(17)19)8-21-9-16/h4-5H,6-9H2,1-3H3,(H2,17,19)(H,18,20). The second-order valence-corrected chi connectivity index (χ2v) is 5.91. The van der Waals surface area contributed by atoms with Gasteiger partial charge in [0, 0.05) is 0 Å². The number of hydrogen-bond donors (Lipinski definition) is 2. The number of aryl methyl sites for hydroxylation is 2. The zero-order valence-corrected chi connectivity index (χ0v) is 13.2. The van der Waals surface area contributed by atoms with Crippen LogP contribution in [0.15, 0.2) is 12.1 Å². The predicted molar refractivity (Wildman–Crippen MR) is 81.7 cm³/mol. The first-order valence-corrected chi connectivity index (χ1v) is 7.20. The molecule has 120 valence electrons. The Kier molecular flexibility index (Phi) is 4.71. The molecule has 0 saturated carbocycles. The maximum Gasteiger partial charge on any atom is 0.258 e. The van der Waals surface area contributed by atoms with E-state index in [2.05, 4.69) is 5.32 Å². The van der Waals surface area contributed by atoms with Crippen LogP contribution in [0.1, 0.15) is 23.1 Å². The first-order chi connectivity index (χ1) is 10.3. The molecule has 2 rings (SSSR count). The second kappa shape index (κ2) is 6.36. The number of primary amides is 1. The third-order valence-corrected chi connectivity index (χ3v) is 3.90. The maximum atomic E-state index is 12.1. The highest BCUT2D eigenvalue weighted by Crippen LogP contribution is 2.26. The predicted octanol–water partition coefficient (Wildman–Crippen LogP) is 0.751. The number of carbonyl (C=O) groups is 2. The number of rotatable bonds is 6. The lowest BCUT2D eigenvalue weighted by atomic mass is 9.92.